The van der Waals surface area contributed by atoms with E-state index in [0.717, 1.165) is 5.69 Å². The molecule has 10 heteroatoms. The van der Waals surface area contributed by atoms with Crippen molar-refractivity contribution in [3.63, 3.8) is 0 Å². The van der Waals surface area contributed by atoms with Crippen LogP contribution in [0.1, 0.15) is 10.6 Å². The lowest BCUT2D eigenvalue weighted by Gasteiger charge is -2.35. The Labute approximate surface area is 174 Å². The van der Waals surface area contributed by atoms with E-state index in [4.69, 9.17) is 20.8 Å². The lowest BCUT2D eigenvalue weighted by atomic mass is 10.2. The summed E-state index contributed by atoms with van der Waals surface area (Å²) in [5.74, 6) is -0.271. The molecule has 1 aromatic heterocycles. The van der Waals surface area contributed by atoms with Crippen molar-refractivity contribution in [2.45, 2.75) is 5.09 Å². The number of piperazine rings is 1. The molecule has 2 aromatic rings. The predicted octanol–water partition coefficient (Wildman–Crippen LogP) is 1.92. The quantitative estimate of drug-likeness (QED) is 0.723. The maximum atomic E-state index is 12.8. The van der Waals surface area contributed by atoms with Crippen molar-refractivity contribution in [3.8, 4) is 0 Å². The highest BCUT2D eigenvalue weighted by atomic mass is 35.5. The van der Waals surface area contributed by atoms with Gasteiger partial charge >= 0.3 is 0 Å². The molecule has 1 aromatic carbocycles. The van der Waals surface area contributed by atoms with Gasteiger partial charge in [0.1, 0.15) is 0 Å². The van der Waals surface area contributed by atoms with E-state index in [1.54, 1.807) is 4.90 Å². The molecule has 8 nitrogen and oxygen atoms in total. The van der Waals surface area contributed by atoms with Gasteiger partial charge in [0, 0.05) is 50.0 Å². The van der Waals surface area contributed by atoms with E-state index < -0.39 is 10.0 Å². The van der Waals surface area contributed by atoms with Gasteiger partial charge in [-0.15, -0.1) is 0 Å². The summed E-state index contributed by atoms with van der Waals surface area (Å²) in [5, 5.41) is 0.464. The number of carbonyl (C=O) groups excluding carboxylic acids is 1. The van der Waals surface area contributed by atoms with E-state index in [9.17, 15) is 13.2 Å². The Kier molecular flexibility index (Phi) is 5.82. The van der Waals surface area contributed by atoms with E-state index in [1.807, 2.05) is 24.3 Å². The highest BCUT2D eigenvalue weighted by Crippen LogP contribution is 2.23. The van der Waals surface area contributed by atoms with Crippen molar-refractivity contribution in [1.29, 1.82) is 0 Å². The van der Waals surface area contributed by atoms with Gasteiger partial charge in [-0.1, -0.05) is 17.7 Å². The molecule has 2 fully saturated rings. The van der Waals surface area contributed by atoms with Crippen LogP contribution in [0.3, 0.4) is 0 Å². The van der Waals surface area contributed by atoms with Gasteiger partial charge in [0.2, 0.25) is 5.09 Å². The summed E-state index contributed by atoms with van der Waals surface area (Å²) in [6.45, 7) is 3.59. The second-order valence-electron chi connectivity index (χ2n) is 6.89. The first-order valence-corrected chi connectivity index (χ1v) is 11.2. The number of sulfonamides is 1. The monoisotopic (exact) mass is 439 g/mol. The number of furan rings is 1. The number of ether oxygens (including phenoxy) is 1. The molecule has 0 N–H and O–H groups in total. The second-order valence-corrected chi connectivity index (χ2v) is 9.20. The lowest BCUT2D eigenvalue weighted by Crippen LogP contribution is -2.48. The molecule has 0 unspecified atom stereocenters. The van der Waals surface area contributed by atoms with E-state index in [2.05, 4.69) is 4.90 Å². The standard InChI is InChI=1S/C19H22ClN3O5S/c20-15-2-1-3-16(14-15)21-6-8-22(9-7-21)19(24)17-4-5-18(28-17)29(25,26)23-10-12-27-13-11-23/h1-5,14H,6-13H2. The fourth-order valence-corrected chi connectivity index (χ4v) is 4.99. The molecule has 1 amide bonds. The zero-order chi connectivity index (χ0) is 20.4. The maximum absolute atomic E-state index is 12.8. The smallest absolute Gasteiger partial charge is 0.289 e. The molecule has 2 aliphatic rings. The predicted molar refractivity (Wildman–Crippen MR) is 108 cm³/mol. The number of halogens is 1. The molecule has 4 rings (SSSR count). The Morgan fingerprint density at radius 1 is 0.966 bits per heavy atom. The number of benzene rings is 1. The fourth-order valence-electron chi connectivity index (χ4n) is 3.48. The van der Waals surface area contributed by atoms with Crippen molar-refractivity contribution < 1.29 is 22.4 Å². The van der Waals surface area contributed by atoms with Crippen LogP contribution in [0.15, 0.2) is 45.9 Å². The average molecular weight is 440 g/mol. The van der Waals surface area contributed by atoms with Crippen molar-refractivity contribution in [2.75, 3.05) is 57.4 Å². The molecule has 2 saturated heterocycles. The van der Waals surface area contributed by atoms with Crippen LogP contribution in [-0.4, -0.2) is 76.0 Å². The van der Waals surface area contributed by atoms with Crippen LogP contribution >= 0.6 is 11.6 Å². The number of hydrogen-bond acceptors (Lipinski definition) is 6. The van der Waals surface area contributed by atoms with Crippen LogP contribution in [0.25, 0.3) is 0 Å². The minimum atomic E-state index is -3.76. The topological polar surface area (TPSA) is 83.3 Å². The first kappa shape index (κ1) is 20.2. The molecule has 156 valence electrons. The Balaban J connectivity index is 1.41. The summed E-state index contributed by atoms with van der Waals surface area (Å²) in [6.07, 6.45) is 0. The van der Waals surface area contributed by atoms with Crippen LogP contribution in [0, 0.1) is 0 Å². The van der Waals surface area contributed by atoms with Crippen molar-refractivity contribution >= 4 is 33.2 Å². The summed E-state index contributed by atoms with van der Waals surface area (Å²) in [4.78, 5) is 16.6. The van der Waals surface area contributed by atoms with Crippen molar-refractivity contribution in [3.05, 3.63) is 47.2 Å². The van der Waals surface area contributed by atoms with Gasteiger partial charge < -0.3 is 19.0 Å². The lowest BCUT2D eigenvalue weighted by molar-refractivity contribution is 0.0696. The normalized spacial score (nSPS) is 18.8. The van der Waals surface area contributed by atoms with Crippen LogP contribution in [0.2, 0.25) is 5.02 Å². The number of hydrogen-bond donors (Lipinski definition) is 0. The minimum absolute atomic E-state index is 0.0352. The Hall–Kier alpha value is -2.07. The molecule has 0 saturated carbocycles. The molecular weight excluding hydrogens is 418 g/mol. The van der Waals surface area contributed by atoms with E-state index in [1.165, 1.54) is 16.4 Å². The first-order valence-electron chi connectivity index (χ1n) is 9.43. The largest absolute Gasteiger partial charge is 0.438 e. The molecule has 0 radical (unpaired) electrons. The van der Waals surface area contributed by atoms with Crippen molar-refractivity contribution in [1.82, 2.24) is 9.21 Å². The summed E-state index contributed by atoms with van der Waals surface area (Å²) in [6, 6.07) is 10.4. The molecule has 0 spiro atoms. The Bertz CT molecular complexity index is 979. The summed E-state index contributed by atoms with van der Waals surface area (Å²) < 4.78 is 37.3. The summed E-state index contributed by atoms with van der Waals surface area (Å²) >= 11 is 6.06. The molecular formula is C19H22ClN3O5S. The van der Waals surface area contributed by atoms with Gasteiger partial charge in [0.15, 0.2) is 5.76 Å². The molecule has 2 aliphatic heterocycles. The zero-order valence-corrected chi connectivity index (χ0v) is 17.4. The van der Waals surface area contributed by atoms with Crippen molar-refractivity contribution in [2.24, 2.45) is 0 Å². The molecule has 0 aliphatic carbocycles. The second kappa shape index (κ2) is 8.35. The molecule has 0 bridgehead atoms. The third-order valence-corrected chi connectivity index (χ3v) is 7.10. The third-order valence-electron chi connectivity index (χ3n) is 5.10. The third kappa shape index (κ3) is 4.28. The number of nitrogens with zero attached hydrogens (tertiary/aromatic N) is 3. The minimum Gasteiger partial charge on any atom is -0.438 e. The first-order chi connectivity index (χ1) is 13.9. The summed E-state index contributed by atoms with van der Waals surface area (Å²) in [5.41, 5.74) is 1.02. The number of amides is 1. The zero-order valence-electron chi connectivity index (χ0n) is 15.8. The van der Waals surface area contributed by atoms with E-state index in [-0.39, 0.29) is 29.8 Å². The van der Waals surface area contributed by atoms with Crippen LogP contribution < -0.4 is 4.90 Å². The van der Waals surface area contributed by atoms with Crippen LogP contribution in [-0.2, 0) is 14.8 Å². The van der Waals surface area contributed by atoms with Crippen LogP contribution in [0.5, 0.6) is 0 Å². The number of morpholine rings is 1. The number of carbonyl (C=O) groups is 1. The Morgan fingerprint density at radius 2 is 1.69 bits per heavy atom. The van der Waals surface area contributed by atoms with E-state index in [0.29, 0.717) is 44.4 Å². The maximum Gasteiger partial charge on any atom is 0.289 e. The highest BCUT2D eigenvalue weighted by Gasteiger charge is 2.31. The van der Waals surface area contributed by atoms with Gasteiger partial charge in [0.05, 0.1) is 13.2 Å². The summed E-state index contributed by atoms with van der Waals surface area (Å²) in [7, 11) is -3.76. The van der Waals surface area contributed by atoms with Gasteiger partial charge in [0.25, 0.3) is 15.9 Å². The van der Waals surface area contributed by atoms with Gasteiger partial charge in [-0.2, -0.15) is 4.31 Å². The van der Waals surface area contributed by atoms with Gasteiger partial charge in [-0.05, 0) is 30.3 Å². The molecule has 29 heavy (non-hydrogen) atoms. The van der Waals surface area contributed by atoms with Gasteiger partial charge in [-0.25, -0.2) is 8.42 Å². The van der Waals surface area contributed by atoms with Crippen LogP contribution in [0.4, 0.5) is 5.69 Å². The highest BCUT2D eigenvalue weighted by molar-refractivity contribution is 7.89. The Morgan fingerprint density at radius 3 is 2.38 bits per heavy atom. The van der Waals surface area contributed by atoms with E-state index >= 15 is 0 Å². The number of anilines is 1. The average Bonchev–Trinajstić information content (AvgIpc) is 3.25. The fraction of sp³-hybridized carbons (Fsp3) is 0.421. The molecule has 3 heterocycles. The SMILES string of the molecule is O=C(c1ccc(S(=O)(=O)N2CCOCC2)o1)N1CCN(c2cccc(Cl)c2)CC1. The number of rotatable bonds is 4. The molecule has 0 atom stereocenters. The van der Waals surface area contributed by atoms with Gasteiger partial charge in [-0.3, -0.25) is 4.79 Å².